The van der Waals surface area contributed by atoms with Crippen LogP contribution in [0.2, 0.25) is 0 Å². The molecule has 3 heterocycles. The summed E-state index contributed by atoms with van der Waals surface area (Å²) in [6.45, 7) is 0. The number of imide groups is 1. The van der Waals surface area contributed by atoms with E-state index in [0.717, 1.165) is 0 Å². The van der Waals surface area contributed by atoms with Gasteiger partial charge in [-0.15, -0.1) is 0 Å². The van der Waals surface area contributed by atoms with Gasteiger partial charge in [0.25, 0.3) is 11.8 Å². The Kier molecular flexibility index (Phi) is 2.48. The summed E-state index contributed by atoms with van der Waals surface area (Å²) in [5.41, 5.74) is 0.109. The van der Waals surface area contributed by atoms with E-state index in [4.69, 9.17) is 4.74 Å². The highest BCUT2D eigenvalue weighted by Gasteiger charge is 2.56. The first-order valence-electron chi connectivity index (χ1n) is 6.28. The first-order valence-corrected chi connectivity index (χ1v) is 6.28. The lowest BCUT2D eigenvalue weighted by Gasteiger charge is -2.26. The Morgan fingerprint density at radius 2 is 2.26 bits per heavy atom. The molecule has 2 N–H and O–H groups in total. The summed E-state index contributed by atoms with van der Waals surface area (Å²) >= 11 is 0. The summed E-state index contributed by atoms with van der Waals surface area (Å²) in [5.74, 6) is -0.262. The maximum atomic E-state index is 11.8. The monoisotopic (exact) mass is 262 g/mol. The first-order chi connectivity index (χ1) is 9.07. The Hall–Kier alpha value is -2.11. The van der Waals surface area contributed by atoms with Crippen molar-refractivity contribution >= 4 is 17.7 Å². The molecule has 0 aromatic heterocycles. The van der Waals surface area contributed by atoms with Crippen molar-refractivity contribution in [2.75, 3.05) is 7.05 Å². The molecule has 100 valence electrons. The highest BCUT2D eigenvalue weighted by molar-refractivity contribution is 6.23. The van der Waals surface area contributed by atoms with E-state index < -0.39 is 5.60 Å². The van der Waals surface area contributed by atoms with Crippen LogP contribution in [0, 0.1) is 0 Å². The molecule has 0 saturated carbocycles. The molecule has 19 heavy (non-hydrogen) atoms. The van der Waals surface area contributed by atoms with Gasteiger partial charge in [-0.1, -0.05) is 0 Å². The molecule has 0 radical (unpaired) electrons. The van der Waals surface area contributed by atoms with Gasteiger partial charge in [-0.05, 0) is 18.9 Å². The SMILES string of the molecule is CNC(=O)CCCC12CC=C(O1)C1=C2C(=O)NC1=O. The third kappa shape index (κ3) is 1.59. The van der Waals surface area contributed by atoms with Gasteiger partial charge in [-0.2, -0.15) is 0 Å². The Morgan fingerprint density at radius 3 is 3.00 bits per heavy atom. The molecule has 0 saturated heterocycles. The Morgan fingerprint density at radius 1 is 1.47 bits per heavy atom. The standard InChI is InChI=1S/C13H14N2O4/c1-14-8(16)3-2-5-13-6-4-7(19-13)9-10(13)12(18)15-11(9)17/h4H,2-3,5-6H2,1H3,(H,14,16)(H,15,17,18). The van der Waals surface area contributed by atoms with Crippen molar-refractivity contribution in [2.24, 2.45) is 0 Å². The highest BCUT2D eigenvalue weighted by Crippen LogP contribution is 2.51. The minimum Gasteiger partial charge on any atom is -0.481 e. The van der Waals surface area contributed by atoms with Crippen molar-refractivity contribution < 1.29 is 19.1 Å². The lowest BCUT2D eigenvalue weighted by Crippen LogP contribution is -2.36. The van der Waals surface area contributed by atoms with E-state index in [2.05, 4.69) is 10.6 Å². The fourth-order valence-corrected chi connectivity index (χ4v) is 2.92. The van der Waals surface area contributed by atoms with Gasteiger partial charge >= 0.3 is 0 Å². The third-order valence-electron chi connectivity index (χ3n) is 3.82. The molecule has 0 fully saturated rings. The molecule has 3 amide bonds. The zero-order valence-corrected chi connectivity index (χ0v) is 10.5. The number of fused-ring (bicyclic) bond motifs is 4. The molecule has 0 aromatic rings. The number of carbonyl (C=O) groups is 3. The first kappa shape index (κ1) is 12.0. The number of nitrogens with one attached hydrogen (secondary N) is 2. The summed E-state index contributed by atoms with van der Waals surface area (Å²) in [5, 5.41) is 4.86. The largest absolute Gasteiger partial charge is 0.481 e. The van der Waals surface area contributed by atoms with Gasteiger partial charge in [-0.3, -0.25) is 19.7 Å². The molecule has 3 aliphatic rings. The van der Waals surface area contributed by atoms with E-state index >= 15 is 0 Å². The predicted octanol–water partition coefficient (Wildman–Crippen LogP) is -0.0877. The average molecular weight is 262 g/mol. The average Bonchev–Trinajstić information content (AvgIpc) is 3.01. The van der Waals surface area contributed by atoms with E-state index in [0.29, 0.717) is 42.6 Å². The van der Waals surface area contributed by atoms with Crippen molar-refractivity contribution in [3.05, 3.63) is 23.0 Å². The Bertz CT molecular complexity index is 561. The quantitative estimate of drug-likeness (QED) is 0.694. The Labute approximate surface area is 109 Å². The van der Waals surface area contributed by atoms with Crippen molar-refractivity contribution in [3.63, 3.8) is 0 Å². The maximum absolute atomic E-state index is 11.8. The van der Waals surface area contributed by atoms with Crippen LogP contribution in [0.4, 0.5) is 0 Å². The van der Waals surface area contributed by atoms with Crippen molar-refractivity contribution in [2.45, 2.75) is 31.3 Å². The Balaban J connectivity index is 1.79. The smallest absolute Gasteiger partial charge is 0.262 e. The molecule has 6 nitrogen and oxygen atoms in total. The molecule has 3 aliphatic heterocycles. The van der Waals surface area contributed by atoms with E-state index in [1.165, 1.54) is 0 Å². The molecule has 1 unspecified atom stereocenters. The van der Waals surface area contributed by atoms with E-state index in [1.807, 2.05) is 6.08 Å². The molecule has 3 rings (SSSR count). The van der Waals surface area contributed by atoms with E-state index in [1.54, 1.807) is 7.05 Å². The summed E-state index contributed by atoms with van der Waals surface area (Å²) in [7, 11) is 1.59. The van der Waals surface area contributed by atoms with Crippen LogP contribution in [0.25, 0.3) is 0 Å². The second-order valence-corrected chi connectivity index (χ2v) is 4.93. The van der Waals surface area contributed by atoms with E-state index in [-0.39, 0.29) is 17.7 Å². The minimum absolute atomic E-state index is 0.0401. The zero-order valence-electron chi connectivity index (χ0n) is 10.5. The highest BCUT2D eigenvalue weighted by atomic mass is 16.5. The number of carbonyl (C=O) groups excluding carboxylic acids is 3. The normalized spacial score (nSPS) is 27.1. The predicted molar refractivity (Wildman–Crippen MR) is 64.6 cm³/mol. The number of hydrogen-bond acceptors (Lipinski definition) is 4. The maximum Gasteiger partial charge on any atom is 0.262 e. The van der Waals surface area contributed by atoms with Crippen molar-refractivity contribution in [1.29, 1.82) is 0 Å². The second kappa shape index (κ2) is 3.94. The van der Waals surface area contributed by atoms with Gasteiger partial charge in [0.2, 0.25) is 5.91 Å². The van der Waals surface area contributed by atoms with Gasteiger partial charge in [-0.25, -0.2) is 0 Å². The van der Waals surface area contributed by atoms with Crippen molar-refractivity contribution in [3.8, 4) is 0 Å². The summed E-state index contributed by atoms with van der Waals surface area (Å²) in [6, 6.07) is 0. The number of amides is 3. The van der Waals surface area contributed by atoms with Gasteiger partial charge in [0.15, 0.2) is 0 Å². The van der Waals surface area contributed by atoms with Crippen LogP contribution in [0.1, 0.15) is 25.7 Å². The van der Waals surface area contributed by atoms with Crippen LogP contribution in [0.5, 0.6) is 0 Å². The molecule has 1 atom stereocenters. The molecule has 6 heteroatoms. The zero-order chi connectivity index (χ0) is 13.6. The summed E-state index contributed by atoms with van der Waals surface area (Å²) in [4.78, 5) is 34.7. The van der Waals surface area contributed by atoms with Crippen LogP contribution >= 0.6 is 0 Å². The van der Waals surface area contributed by atoms with Crippen molar-refractivity contribution in [1.82, 2.24) is 10.6 Å². The number of ether oxygens (including phenoxy) is 1. The van der Waals surface area contributed by atoms with Gasteiger partial charge in [0.1, 0.15) is 11.4 Å². The molecular weight excluding hydrogens is 248 g/mol. The third-order valence-corrected chi connectivity index (χ3v) is 3.82. The van der Waals surface area contributed by atoms with Crippen LogP contribution in [0.3, 0.4) is 0 Å². The second-order valence-electron chi connectivity index (χ2n) is 4.93. The molecule has 2 bridgehead atoms. The number of hydrogen-bond donors (Lipinski definition) is 2. The molecular formula is C13H14N2O4. The van der Waals surface area contributed by atoms with Gasteiger partial charge < -0.3 is 10.1 Å². The molecule has 0 aromatic carbocycles. The van der Waals surface area contributed by atoms with Gasteiger partial charge in [0.05, 0.1) is 11.1 Å². The fourth-order valence-electron chi connectivity index (χ4n) is 2.92. The number of rotatable bonds is 4. The summed E-state index contributed by atoms with van der Waals surface area (Å²) in [6.07, 6.45) is 3.99. The topological polar surface area (TPSA) is 84.5 Å². The van der Waals surface area contributed by atoms with Crippen LogP contribution in [-0.4, -0.2) is 30.4 Å². The molecule has 0 aliphatic carbocycles. The fraction of sp³-hybridized carbons (Fsp3) is 0.462. The minimum atomic E-state index is -0.727. The van der Waals surface area contributed by atoms with Crippen LogP contribution in [-0.2, 0) is 19.1 Å². The lowest BCUT2D eigenvalue weighted by molar-refractivity contribution is -0.125. The van der Waals surface area contributed by atoms with E-state index in [9.17, 15) is 14.4 Å². The molecule has 0 spiro atoms. The van der Waals surface area contributed by atoms with Crippen LogP contribution in [0.15, 0.2) is 23.0 Å². The van der Waals surface area contributed by atoms with Gasteiger partial charge in [0, 0.05) is 19.9 Å². The summed E-state index contributed by atoms with van der Waals surface area (Å²) < 4.78 is 5.76. The van der Waals surface area contributed by atoms with Crippen LogP contribution < -0.4 is 10.6 Å². The lowest BCUT2D eigenvalue weighted by atomic mass is 9.82.